The number of piperazine rings is 1. The van der Waals surface area contributed by atoms with Crippen molar-refractivity contribution in [3.63, 3.8) is 0 Å². The SMILES string of the molecule is C[C@H]1CN(C)CCN1C(=O)c1ccccc1Oc1cccnc1. The molecule has 0 aliphatic carbocycles. The second kappa shape index (κ2) is 6.79. The minimum atomic E-state index is 0.0186. The summed E-state index contributed by atoms with van der Waals surface area (Å²) in [7, 11) is 2.08. The molecule has 1 aliphatic rings. The quantitative estimate of drug-likeness (QED) is 0.874. The number of pyridine rings is 1. The Bertz CT molecular complexity index is 675. The lowest BCUT2D eigenvalue weighted by Gasteiger charge is -2.38. The Kier molecular flexibility index (Phi) is 4.57. The molecule has 0 radical (unpaired) electrons. The van der Waals surface area contributed by atoms with Gasteiger partial charge in [0.25, 0.3) is 5.91 Å². The van der Waals surface area contributed by atoms with Crippen molar-refractivity contribution in [1.29, 1.82) is 0 Å². The zero-order valence-corrected chi connectivity index (χ0v) is 13.5. The van der Waals surface area contributed by atoms with E-state index in [0.29, 0.717) is 17.1 Å². The Balaban J connectivity index is 1.84. The van der Waals surface area contributed by atoms with Gasteiger partial charge in [-0.1, -0.05) is 12.1 Å². The highest BCUT2D eigenvalue weighted by molar-refractivity contribution is 5.97. The van der Waals surface area contributed by atoms with Crippen molar-refractivity contribution in [3.05, 3.63) is 54.4 Å². The van der Waals surface area contributed by atoms with Gasteiger partial charge < -0.3 is 14.5 Å². The maximum Gasteiger partial charge on any atom is 0.257 e. The van der Waals surface area contributed by atoms with Crippen LogP contribution in [0.25, 0.3) is 0 Å². The zero-order valence-electron chi connectivity index (χ0n) is 13.5. The van der Waals surface area contributed by atoms with Crippen LogP contribution in [0.3, 0.4) is 0 Å². The van der Waals surface area contributed by atoms with Crippen molar-refractivity contribution in [1.82, 2.24) is 14.8 Å². The van der Waals surface area contributed by atoms with E-state index in [1.807, 2.05) is 41.3 Å². The van der Waals surface area contributed by atoms with Crippen molar-refractivity contribution in [3.8, 4) is 11.5 Å². The molecule has 0 bridgehead atoms. The van der Waals surface area contributed by atoms with Gasteiger partial charge in [0.15, 0.2) is 0 Å². The molecule has 120 valence electrons. The van der Waals surface area contributed by atoms with Crippen molar-refractivity contribution in [2.24, 2.45) is 0 Å². The standard InChI is InChI=1S/C18H21N3O2/c1-14-13-20(2)10-11-21(14)18(22)16-7-3-4-8-17(16)23-15-6-5-9-19-12-15/h3-9,12,14H,10-11,13H2,1-2H3/t14-/m0/s1. The normalized spacial score (nSPS) is 18.7. The van der Waals surface area contributed by atoms with Crippen LogP contribution in [0.2, 0.25) is 0 Å². The van der Waals surface area contributed by atoms with Crippen LogP contribution in [0.1, 0.15) is 17.3 Å². The van der Waals surface area contributed by atoms with Gasteiger partial charge in [-0.05, 0) is 38.2 Å². The molecule has 2 heterocycles. The molecule has 0 spiro atoms. The van der Waals surface area contributed by atoms with Gasteiger partial charge in [0.1, 0.15) is 11.5 Å². The molecule has 0 unspecified atom stereocenters. The average molecular weight is 311 g/mol. The van der Waals surface area contributed by atoms with Gasteiger partial charge >= 0.3 is 0 Å². The fourth-order valence-electron chi connectivity index (χ4n) is 2.86. The van der Waals surface area contributed by atoms with E-state index >= 15 is 0 Å². The second-order valence-electron chi connectivity index (χ2n) is 5.90. The predicted octanol–water partition coefficient (Wildman–Crippen LogP) is 2.65. The average Bonchev–Trinajstić information content (AvgIpc) is 2.56. The first-order chi connectivity index (χ1) is 11.1. The Labute approximate surface area is 136 Å². The van der Waals surface area contributed by atoms with E-state index in [9.17, 15) is 4.79 Å². The number of likely N-dealkylation sites (N-methyl/N-ethyl adjacent to an activating group) is 1. The third-order valence-corrected chi connectivity index (χ3v) is 4.07. The molecule has 5 nitrogen and oxygen atoms in total. The molecule has 2 aromatic rings. The summed E-state index contributed by atoms with van der Waals surface area (Å²) in [5, 5.41) is 0. The van der Waals surface area contributed by atoms with Gasteiger partial charge in [0, 0.05) is 31.9 Å². The first-order valence-corrected chi connectivity index (χ1v) is 7.81. The lowest BCUT2D eigenvalue weighted by atomic mass is 10.1. The maximum atomic E-state index is 12.9. The first kappa shape index (κ1) is 15.5. The number of rotatable bonds is 3. The highest BCUT2D eigenvalue weighted by atomic mass is 16.5. The van der Waals surface area contributed by atoms with Crippen LogP contribution in [0.4, 0.5) is 0 Å². The van der Waals surface area contributed by atoms with Crippen LogP contribution in [0.15, 0.2) is 48.8 Å². The molecule has 0 N–H and O–H groups in total. The summed E-state index contributed by atoms with van der Waals surface area (Å²) in [5.41, 5.74) is 0.591. The lowest BCUT2D eigenvalue weighted by molar-refractivity contribution is 0.0531. The number of aromatic nitrogens is 1. The summed E-state index contributed by atoms with van der Waals surface area (Å²) in [4.78, 5) is 21.1. The molecule has 1 aliphatic heterocycles. The van der Waals surface area contributed by atoms with E-state index in [0.717, 1.165) is 19.6 Å². The maximum absolute atomic E-state index is 12.9. The number of para-hydroxylation sites is 1. The van der Waals surface area contributed by atoms with Gasteiger partial charge in [0.2, 0.25) is 0 Å². The van der Waals surface area contributed by atoms with Crippen LogP contribution in [-0.2, 0) is 0 Å². The summed E-state index contributed by atoms with van der Waals surface area (Å²) in [6.45, 7) is 4.59. The summed E-state index contributed by atoms with van der Waals surface area (Å²) in [5.74, 6) is 1.21. The molecule has 5 heteroatoms. The second-order valence-corrected chi connectivity index (χ2v) is 5.90. The predicted molar refractivity (Wildman–Crippen MR) is 88.7 cm³/mol. The van der Waals surface area contributed by atoms with Crippen molar-refractivity contribution < 1.29 is 9.53 Å². The van der Waals surface area contributed by atoms with Crippen molar-refractivity contribution >= 4 is 5.91 Å². The summed E-state index contributed by atoms with van der Waals surface area (Å²) >= 11 is 0. The number of carbonyl (C=O) groups excluding carboxylic acids is 1. The van der Waals surface area contributed by atoms with E-state index in [4.69, 9.17) is 4.74 Å². The number of benzene rings is 1. The number of hydrogen-bond acceptors (Lipinski definition) is 4. The summed E-state index contributed by atoms with van der Waals surface area (Å²) in [6, 6.07) is 11.2. The van der Waals surface area contributed by atoms with Crippen LogP contribution in [0, 0.1) is 0 Å². The minimum Gasteiger partial charge on any atom is -0.455 e. The molecule has 1 saturated heterocycles. The molecule has 1 fully saturated rings. The van der Waals surface area contributed by atoms with Gasteiger partial charge in [-0.2, -0.15) is 0 Å². The van der Waals surface area contributed by atoms with Crippen molar-refractivity contribution in [2.45, 2.75) is 13.0 Å². The Morgan fingerprint density at radius 2 is 2.04 bits per heavy atom. The smallest absolute Gasteiger partial charge is 0.257 e. The fourth-order valence-corrected chi connectivity index (χ4v) is 2.86. The van der Waals surface area contributed by atoms with Crippen LogP contribution in [-0.4, -0.2) is 53.4 Å². The molecule has 0 saturated carbocycles. The molecule has 1 aromatic carbocycles. The topological polar surface area (TPSA) is 45.7 Å². The Morgan fingerprint density at radius 1 is 1.22 bits per heavy atom. The van der Waals surface area contributed by atoms with Gasteiger partial charge in [-0.3, -0.25) is 9.78 Å². The molecular formula is C18H21N3O2. The van der Waals surface area contributed by atoms with Crippen LogP contribution in [0.5, 0.6) is 11.5 Å². The van der Waals surface area contributed by atoms with Gasteiger partial charge in [-0.15, -0.1) is 0 Å². The number of carbonyl (C=O) groups is 1. The zero-order chi connectivity index (χ0) is 16.2. The highest BCUT2D eigenvalue weighted by Gasteiger charge is 2.28. The number of ether oxygens (including phenoxy) is 1. The van der Waals surface area contributed by atoms with E-state index in [1.54, 1.807) is 12.4 Å². The molecule has 1 amide bonds. The Hall–Kier alpha value is -2.40. The van der Waals surface area contributed by atoms with Gasteiger partial charge in [0.05, 0.1) is 11.8 Å². The summed E-state index contributed by atoms with van der Waals surface area (Å²) in [6.07, 6.45) is 3.33. The molecule has 3 rings (SSSR count). The van der Waals surface area contributed by atoms with Crippen LogP contribution < -0.4 is 4.74 Å². The molecule has 1 aromatic heterocycles. The van der Waals surface area contributed by atoms with Gasteiger partial charge in [-0.25, -0.2) is 0 Å². The van der Waals surface area contributed by atoms with E-state index < -0.39 is 0 Å². The highest BCUT2D eigenvalue weighted by Crippen LogP contribution is 2.26. The molecular weight excluding hydrogens is 290 g/mol. The molecule has 1 atom stereocenters. The monoisotopic (exact) mass is 311 g/mol. The lowest BCUT2D eigenvalue weighted by Crippen LogP contribution is -2.52. The number of nitrogens with zero attached hydrogens (tertiary/aromatic N) is 3. The summed E-state index contributed by atoms with van der Waals surface area (Å²) < 4.78 is 5.86. The first-order valence-electron chi connectivity index (χ1n) is 7.81. The number of hydrogen-bond donors (Lipinski definition) is 0. The fraction of sp³-hybridized carbons (Fsp3) is 0.333. The Morgan fingerprint density at radius 3 is 2.78 bits per heavy atom. The van der Waals surface area contributed by atoms with E-state index in [1.165, 1.54) is 0 Å². The van der Waals surface area contributed by atoms with E-state index in [2.05, 4.69) is 23.9 Å². The third kappa shape index (κ3) is 3.51. The number of amides is 1. The largest absolute Gasteiger partial charge is 0.455 e. The van der Waals surface area contributed by atoms with Crippen molar-refractivity contribution in [2.75, 3.05) is 26.7 Å². The molecule has 23 heavy (non-hydrogen) atoms. The minimum absolute atomic E-state index is 0.0186. The third-order valence-electron chi connectivity index (χ3n) is 4.07. The van der Waals surface area contributed by atoms with Crippen LogP contribution >= 0.6 is 0 Å². The van der Waals surface area contributed by atoms with E-state index in [-0.39, 0.29) is 11.9 Å².